The molecule has 0 aliphatic heterocycles. The summed E-state index contributed by atoms with van der Waals surface area (Å²) in [7, 11) is -12.9. The summed E-state index contributed by atoms with van der Waals surface area (Å²) in [4.78, 5) is 0. The molecule has 0 unspecified atom stereocenters. The van der Waals surface area contributed by atoms with Crippen molar-refractivity contribution < 1.29 is 176 Å². The lowest BCUT2D eigenvalue weighted by Gasteiger charge is -2.44. The van der Waals surface area contributed by atoms with Gasteiger partial charge in [-0.05, 0) is 0 Å². The minimum absolute atomic E-state index is 0.0312. The first kappa shape index (κ1) is 67.9. The molecule has 0 fully saturated rings. The number of alkyl halides is 34. The largest absolute Gasteiger partial charge is 0.581 e. The first-order valence-corrected chi connectivity index (χ1v) is 19.5. The molecule has 0 aliphatic rings. The highest BCUT2D eigenvalue weighted by atomic mass is 28.4. The van der Waals surface area contributed by atoms with Crippen molar-refractivity contribution in [2.45, 2.75) is 120 Å². The molecule has 68 heavy (non-hydrogen) atoms. The molecule has 0 saturated carbocycles. The summed E-state index contributed by atoms with van der Waals surface area (Å²) in [6.45, 7) is 0. The highest BCUT2D eigenvalue weighted by molar-refractivity contribution is 6.64. The van der Waals surface area contributed by atoms with E-state index in [0.717, 1.165) is 0 Å². The number of hydrogen-bond acceptors (Lipinski definition) is 6. The number of hydrogen-bond donors (Lipinski definition) is 0. The predicted molar refractivity (Wildman–Crippen MR) is 153 cm³/mol. The number of halogens is 34. The molecule has 0 rings (SSSR count). The lowest BCUT2D eigenvalue weighted by molar-refractivity contribution is -0.438. The molecule has 0 radical (unpaired) electrons. The molecule has 0 spiro atoms. The van der Waals surface area contributed by atoms with Crippen LogP contribution in [0, 0.1) is 0 Å². The van der Waals surface area contributed by atoms with E-state index in [4.69, 9.17) is 0 Å². The smallest absolute Gasteiger partial charge is 0.373 e. The van der Waals surface area contributed by atoms with Crippen molar-refractivity contribution in [2.24, 2.45) is 0 Å². The first-order valence-electron chi connectivity index (χ1n) is 16.0. The molecule has 0 aromatic carbocycles. The molecule has 0 bridgehead atoms. The Labute approximate surface area is 357 Å². The molecule has 0 aromatic rings. The maximum Gasteiger partial charge on any atom is 0.581 e. The average Bonchev–Trinajstić information content (AvgIpc) is 3.16. The van der Waals surface area contributed by atoms with Crippen LogP contribution in [0.1, 0.15) is 25.7 Å². The average molecular weight is 1140 g/mol. The molecule has 0 amide bonds. The van der Waals surface area contributed by atoms with Gasteiger partial charge in [0.2, 0.25) is 0 Å². The summed E-state index contributed by atoms with van der Waals surface area (Å²) < 4.78 is 479. The fourth-order valence-corrected chi connectivity index (χ4v) is 8.22. The van der Waals surface area contributed by atoms with Crippen LogP contribution in [0.4, 0.5) is 149 Å². The molecule has 0 aliphatic carbocycles. The lowest BCUT2D eigenvalue weighted by Crippen LogP contribution is -2.77. The molecule has 42 heteroatoms. The SMILES string of the molecule is CO[Si](OC)(OC)C(F)(F)C(F)(F)C(F)(F)C(F)(F)C(F)(F)C(F)(F)C(F)(F)CCC(F)(F)F.CO[Si](OC)(OC)C(F)(F)C(F)(F)C(F)(F)C(F)(F)C(F)(F)C(F)(F)C(F)(F)CCC(F)(F)F. The van der Waals surface area contributed by atoms with Crippen LogP contribution in [-0.2, 0) is 26.6 Å². The van der Waals surface area contributed by atoms with E-state index in [9.17, 15) is 149 Å². The monoisotopic (exact) mass is 1140 g/mol. The van der Waals surface area contributed by atoms with Gasteiger partial charge in [0.25, 0.3) is 0 Å². The Morgan fingerprint density at radius 1 is 0.221 bits per heavy atom. The third-order valence-corrected chi connectivity index (χ3v) is 14.1. The normalized spacial score (nSPS) is 16.2. The van der Waals surface area contributed by atoms with Crippen LogP contribution in [-0.4, -0.2) is 155 Å². The Morgan fingerprint density at radius 2 is 0.368 bits per heavy atom. The summed E-state index contributed by atoms with van der Waals surface area (Å²) in [5, 5.41) is 0. The number of rotatable bonds is 24. The van der Waals surface area contributed by atoms with E-state index in [1.807, 2.05) is 0 Å². The Hall–Kier alpha value is -2.19. The molecule has 0 atom stereocenters. The summed E-state index contributed by atoms with van der Waals surface area (Å²) >= 11 is 0. The van der Waals surface area contributed by atoms with Crippen LogP contribution in [0.15, 0.2) is 0 Å². The van der Waals surface area contributed by atoms with Gasteiger partial charge < -0.3 is 26.6 Å². The first-order chi connectivity index (χ1) is 29.3. The van der Waals surface area contributed by atoms with Crippen LogP contribution >= 0.6 is 0 Å². The zero-order valence-electron chi connectivity index (χ0n) is 33.1. The maximum absolute atomic E-state index is 14.1. The summed E-state index contributed by atoms with van der Waals surface area (Å²) in [6, 6.07) is 0. The van der Waals surface area contributed by atoms with Gasteiger partial charge in [0.1, 0.15) is 0 Å². The van der Waals surface area contributed by atoms with Gasteiger partial charge in [0, 0.05) is 68.3 Å². The highest BCUT2D eigenvalue weighted by Gasteiger charge is 2.97. The predicted octanol–water partition coefficient (Wildman–Crippen LogP) is 12.4. The quantitative estimate of drug-likeness (QED) is 0.0709. The van der Waals surface area contributed by atoms with Gasteiger partial charge in [-0.3, -0.25) is 0 Å². The van der Waals surface area contributed by atoms with Gasteiger partial charge in [0.15, 0.2) is 0 Å². The standard InChI is InChI=1S/2C13H13F17O3Si/c2*1-31-34(32-2,33-3)13(29,30)12(27,28)11(25,26)10(23,24)9(21,22)8(19,20)6(14,15)4-5-7(16,17)18/h2*4-5H2,1-3H3. The van der Waals surface area contributed by atoms with E-state index in [-0.39, 0.29) is 42.7 Å². The van der Waals surface area contributed by atoms with Crippen molar-refractivity contribution in [3.63, 3.8) is 0 Å². The third kappa shape index (κ3) is 10.4. The van der Waals surface area contributed by atoms with Crippen molar-refractivity contribution >= 4 is 17.6 Å². The molecular weight excluding hydrogens is 1110 g/mol. The Kier molecular flexibility index (Phi) is 19.6. The van der Waals surface area contributed by atoms with Crippen molar-refractivity contribution in [1.29, 1.82) is 0 Å². The molecule has 0 saturated heterocycles. The summed E-state index contributed by atoms with van der Waals surface area (Å²) in [6.07, 6.45) is -24.4. The second kappa shape index (κ2) is 19.7. The summed E-state index contributed by atoms with van der Waals surface area (Å²) in [5.41, 5.74) is -13.6. The third-order valence-electron chi connectivity index (χ3n) is 8.69. The van der Waals surface area contributed by atoms with E-state index in [0.29, 0.717) is 0 Å². The second-order valence-corrected chi connectivity index (χ2v) is 18.8. The van der Waals surface area contributed by atoms with Crippen molar-refractivity contribution in [3.05, 3.63) is 0 Å². The molecule has 0 heterocycles. The Bertz CT molecular complexity index is 1500. The topological polar surface area (TPSA) is 55.4 Å². The minimum atomic E-state index is -8.44. The van der Waals surface area contributed by atoms with Crippen LogP contribution < -0.4 is 0 Å². The van der Waals surface area contributed by atoms with E-state index < -0.39 is 138 Å². The van der Waals surface area contributed by atoms with Crippen LogP contribution in [0.25, 0.3) is 0 Å². The molecule has 412 valence electrons. The zero-order chi connectivity index (χ0) is 56.1. The second-order valence-electron chi connectivity index (χ2n) is 12.9. The molecular formula is C26H26F34O6Si2. The van der Waals surface area contributed by atoms with E-state index in [1.165, 1.54) is 0 Å². The Balaban J connectivity index is 0. The molecule has 0 N–H and O–H groups in total. The van der Waals surface area contributed by atoms with Crippen LogP contribution in [0.2, 0.25) is 0 Å². The fraction of sp³-hybridized carbons (Fsp3) is 1.00. The van der Waals surface area contributed by atoms with E-state index in [1.54, 1.807) is 0 Å². The van der Waals surface area contributed by atoms with Crippen molar-refractivity contribution in [2.75, 3.05) is 42.7 Å². The zero-order valence-corrected chi connectivity index (χ0v) is 35.1. The van der Waals surface area contributed by atoms with Gasteiger partial charge in [-0.1, -0.05) is 0 Å². The van der Waals surface area contributed by atoms with E-state index in [2.05, 4.69) is 26.6 Å². The van der Waals surface area contributed by atoms with Gasteiger partial charge in [-0.2, -0.15) is 149 Å². The van der Waals surface area contributed by atoms with Gasteiger partial charge in [-0.25, -0.2) is 0 Å². The molecule has 6 nitrogen and oxygen atoms in total. The van der Waals surface area contributed by atoms with Gasteiger partial charge in [0.05, 0.1) is 0 Å². The highest BCUT2D eigenvalue weighted by Crippen LogP contribution is 2.66. The van der Waals surface area contributed by atoms with Gasteiger partial charge in [-0.15, -0.1) is 0 Å². The Morgan fingerprint density at radius 3 is 0.515 bits per heavy atom. The van der Waals surface area contributed by atoms with Crippen molar-refractivity contribution in [1.82, 2.24) is 0 Å². The maximum atomic E-state index is 14.1. The fourth-order valence-electron chi connectivity index (χ4n) is 4.60. The summed E-state index contributed by atoms with van der Waals surface area (Å²) in [5.74, 6) is -95.2. The van der Waals surface area contributed by atoms with Crippen LogP contribution in [0.5, 0.6) is 0 Å². The molecule has 0 aromatic heterocycles. The lowest BCUT2D eigenvalue weighted by atomic mass is 9.90. The minimum Gasteiger partial charge on any atom is -0.373 e. The van der Waals surface area contributed by atoms with E-state index >= 15 is 0 Å². The van der Waals surface area contributed by atoms with Gasteiger partial charge >= 0.3 is 112 Å². The van der Waals surface area contributed by atoms with Crippen molar-refractivity contribution in [3.8, 4) is 0 Å². The van der Waals surface area contributed by atoms with Crippen LogP contribution in [0.3, 0.4) is 0 Å².